The van der Waals surface area contributed by atoms with E-state index in [0.717, 1.165) is 6.42 Å². The number of benzene rings is 1. The van der Waals surface area contributed by atoms with Gasteiger partial charge in [0.05, 0.1) is 7.11 Å². The molecule has 1 aliphatic rings. The normalized spacial score (nSPS) is 18.2. The van der Waals surface area contributed by atoms with E-state index in [4.69, 9.17) is 0 Å². The molecule has 1 aromatic carbocycles. The minimum absolute atomic E-state index is 0.215. The minimum atomic E-state index is -0.778. The summed E-state index contributed by atoms with van der Waals surface area (Å²) in [6.45, 7) is 6.07. The van der Waals surface area contributed by atoms with Crippen molar-refractivity contribution in [3.63, 3.8) is 0 Å². The zero-order chi connectivity index (χ0) is 19.3. The Morgan fingerprint density at radius 3 is 2.42 bits per heavy atom. The molecule has 3 amide bonds. The number of ether oxygens (including phenoxy) is 1. The zero-order valence-electron chi connectivity index (χ0n) is 15.7. The average molecular weight is 361 g/mol. The summed E-state index contributed by atoms with van der Waals surface area (Å²) in [6.07, 6.45) is 0.676. The van der Waals surface area contributed by atoms with Crippen LogP contribution in [-0.2, 0) is 14.3 Å². The molecule has 0 unspecified atom stereocenters. The molecule has 2 rings (SSSR count). The third-order valence-electron chi connectivity index (χ3n) is 4.44. The van der Waals surface area contributed by atoms with Gasteiger partial charge in [0, 0.05) is 12.2 Å². The molecule has 0 bridgehead atoms. The van der Waals surface area contributed by atoms with Crippen LogP contribution in [0.25, 0.3) is 0 Å². The Balaban J connectivity index is 2.14. The van der Waals surface area contributed by atoms with Crippen molar-refractivity contribution in [2.75, 3.05) is 19.0 Å². The van der Waals surface area contributed by atoms with E-state index < -0.39 is 23.6 Å². The van der Waals surface area contributed by atoms with Gasteiger partial charge in [-0.2, -0.15) is 0 Å². The van der Waals surface area contributed by atoms with Crippen LogP contribution in [0.5, 0.6) is 0 Å². The minimum Gasteiger partial charge on any atom is -0.453 e. The Morgan fingerprint density at radius 1 is 1.19 bits per heavy atom. The predicted octanol–water partition coefficient (Wildman–Crippen LogP) is 2.39. The van der Waals surface area contributed by atoms with Gasteiger partial charge in [-0.3, -0.25) is 9.59 Å². The molecule has 1 aliphatic heterocycles. The second kappa shape index (κ2) is 8.21. The summed E-state index contributed by atoms with van der Waals surface area (Å²) in [5.74, 6) is -0.485. The van der Waals surface area contributed by atoms with Crippen LogP contribution in [0.4, 0.5) is 10.5 Å². The number of hydrogen-bond acceptors (Lipinski definition) is 4. The number of alkyl carbamates (subject to hydrolysis) is 1. The highest BCUT2D eigenvalue weighted by Crippen LogP contribution is 2.26. The summed E-state index contributed by atoms with van der Waals surface area (Å²) in [7, 11) is 1.26. The van der Waals surface area contributed by atoms with Crippen LogP contribution >= 0.6 is 0 Å². The number of nitrogens with zero attached hydrogens (tertiary/aromatic N) is 1. The van der Waals surface area contributed by atoms with Crippen molar-refractivity contribution < 1.29 is 19.1 Å². The molecule has 0 spiro atoms. The van der Waals surface area contributed by atoms with Gasteiger partial charge in [0.2, 0.25) is 11.8 Å². The fraction of sp³-hybridized carbons (Fsp3) is 0.526. The number of methoxy groups -OCH3 is 1. The largest absolute Gasteiger partial charge is 0.453 e. The molecule has 2 N–H and O–H groups in total. The second-order valence-electron chi connectivity index (χ2n) is 7.48. The highest BCUT2D eigenvalue weighted by Gasteiger charge is 2.42. The first kappa shape index (κ1) is 19.8. The summed E-state index contributed by atoms with van der Waals surface area (Å²) in [6, 6.07) is 7.82. The van der Waals surface area contributed by atoms with E-state index in [0.29, 0.717) is 18.7 Å². The van der Waals surface area contributed by atoms with Gasteiger partial charge in [-0.25, -0.2) is 4.79 Å². The standard InChI is InChI=1S/C19H27N3O4/c1-19(2,3)15(21-18(25)26-4)17(24)22-12-8-11-14(22)16(23)20-13-9-6-5-7-10-13/h5-7,9-10,14-15H,8,11-12H2,1-4H3,(H,20,23)(H,21,25)/t14-,15+/m0/s1. The van der Waals surface area contributed by atoms with Crippen LogP contribution in [0.1, 0.15) is 33.6 Å². The van der Waals surface area contributed by atoms with Gasteiger partial charge in [-0.05, 0) is 30.4 Å². The Kier molecular flexibility index (Phi) is 6.23. The molecule has 7 nitrogen and oxygen atoms in total. The van der Waals surface area contributed by atoms with E-state index in [2.05, 4.69) is 15.4 Å². The number of carbonyl (C=O) groups is 3. The van der Waals surface area contributed by atoms with Gasteiger partial charge in [-0.15, -0.1) is 0 Å². The lowest BCUT2D eigenvalue weighted by molar-refractivity contribution is -0.140. The predicted molar refractivity (Wildman–Crippen MR) is 98.6 cm³/mol. The molecule has 142 valence electrons. The molecule has 0 saturated carbocycles. The molecule has 26 heavy (non-hydrogen) atoms. The van der Waals surface area contributed by atoms with Crippen molar-refractivity contribution in [3.8, 4) is 0 Å². The average Bonchev–Trinajstić information content (AvgIpc) is 3.08. The third kappa shape index (κ3) is 4.74. The first-order chi connectivity index (χ1) is 12.2. The molecular weight excluding hydrogens is 334 g/mol. The molecule has 0 aliphatic carbocycles. The highest BCUT2D eigenvalue weighted by molar-refractivity contribution is 5.98. The van der Waals surface area contributed by atoms with E-state index in [9.17, 15) is 14.4 Å². The summed E-state index contributed by atoms with van der Waals surface area (Å²) in [5, 5.41) is 5.46. The molecule has 1 heterocycles. The maximum absolute atomic E-state index is 13.1. The van der Waals surface area contributed by atoms with Gasteiger partial charge in [0.25, 0.3) is 0 Å². The molecule has 1 fully saturated rings. The van der Waals surface area contributed by atoms with Crippen LogP contribution in [0.2, 0.25) is 0 Å². The lowest BCUT2D eigenvalue weighted by Crippen LogP contribution is -2.57. The summed E-state index contributed by atoms with van der Waals surface area (Å²) < 4.78 is 4.64. The zero-order valence-corrected chi connectivity index (χ0v) is 15.7. The van der Waals surface area contributed by atoms with Crippen LogP contribution in [-0.4, -0.2) is 48.5 Å². The molecule has 7 heteroatoms. The first-order valence-corrected chi connectivity index (χ1v) is 8.75. The lowest BCUT2D eigenvalue weighted by atomic mass is 9.85. The number of hydrogen-bond donors (Lipinski definition) is 2. The van der Waals surface area contributed by atoms with E-state index in [1.807, 2.05) is 39.0 Å². The summed E-state index contributed by atoms with van der Waals surface area (Å²) in [5.41, 5.74) is 0.172. The van der Waals surface area contributed by atoms with Crippen molar-refractivity contribution in [1.82, 2.24) is 10.2 Å². The number of para-hydroxylation sites is 1. The van der Waals surface area contributed by atoms with Gasteiger partial charge >= 0.3 is 6.09 Å². The van der Waals surface area contributed by atoms with E-state index >= 15 is 0 Å². The monoisotopic (exact) mass is 361 g/mol. The van der Waals surface area contributed by atoms with Gasteiger partial charge in [-0.1, -0.05) is 39.0 Å². The fourth-order valence-corrected chi connectivity index (χ4v) is 3.04. The molecule has 0 aromatic heterocycles. The van der Waals surface area contributed by atoms with Gasteiger partial charge in [0.1, 0.15) is 12.1 Å². The topological polar surface area (TPSA) is 87.7 Å². The maximum atomic E-state index is 13.1. The molecule has 2 atom stereocenters. The van der Waals surface area contributed by atoms with Crippen LogP contribution < -0.4 is 10.6 Å². The van der Waals surface area contributed by atoms with Crippen molar-refractivity contribution in [1.29, 1.82) is 0 Å². The molecule has 0 radical (unpaired) electrons. The van der Waals surface area contributed by atoms with Gasteiger partial charge in [0.15, 0.2) is 0 Å². The molecule has 1 aromatic rings. The van der Waals surface area contributed by atoms with Crippen molar-refractivity contribution in [2.45, 2.75) is 45.7 Å². The Morgan fingerprint density at radius 2 is 1.85 bits per heavy atom. The third-order valence-corrected chi connectivity index (χ3v) is 4.44. The van der Waals surface area contributed by atoms with Crippen LogP contribution in [0.3, 0.4) is 0 Å². The Hall–Kier alpha value is -2.57. The Labute approximate surface area is 154 Å². The number of anilines is 1. The van der Waals surface area contributed by atoms with Crippen molar-refractivity contribution >= 4 is 23.6 Å². The van der Waals surface area contributed by atoms with Crippen LogP contribution in [0, 0.1) is 5.41 Å². The number of nitrogens with one attached hydrogen (secondary N) is 2. The smallest absolute Gasteiger partial charge is 0.407 e. The molecular formula is C19H27N3O4. The van der Waals surface area contributed by atoms with E-state index in [-0.39, 0.29) is 11.8 Å². The second-order valence-corrected chi connectivity index (χ2v) is 7.48. The number of amides is 3. The number of rotatable bonds is 4. The highest BCUT2D eigenvalue weighted by atomic mass is 16.5. The maximum Gasteiger partial charge on any atom is 0.407 e. The fourth-order valence-electron chi connectivity index (χ4n) is 3.04. The van der Waals surface area contributed by atoms with E-state index in [1.165, 1.54) is 7.11 Å². The summed E-state index contributed by atoms with van der Waals surface area (Å²) >= 11 is 0. The van der Waals surface area contributed by atoms with Crippen molar-refractivity contribution in [2.24, 2.45) is 5.41 Å². The molecule has 1 saturated heterocycles. The number of carbonyl (C=O) groups excluding carboxylic acids is 3. The van der Waals surface area contributed by atoms with Crippen molar-refractivity contribution in [3.05, 3.63) is 30.3 Å². The number of likely N-dealkylation sites (tertiary alicyclic amines) is 1. The van der Waals surface area contributed by atoms with Crippen LogP contribution in [0.15, 0.2) is 30.3 Å². The SMILES string of the molecule is COC(=O)N[C@H](C(=O)N1CCC[C@H]1C(=O)Nc1ccccc1)C(C)(C)C. The lowest BCUT2D eigenvalue weighted by Gasteiger charge is -2.35. The first-order valence-electron chi connectivity index (χ1n) is 8.75. The van der Waals surface area contributed by atoms with Gasteiger partial charge < -0.3 is 20.3 Å². The van der Waals surface area contributed by atoms with E-state index in [1.54, 1.807) is 17.0 Å². The quantitative estimate of drug-likeness (QED) is 0.862. The Bertz CT molecular complexity index is 654. The summed E-state index contributed by atoms with van der Waals surface area (Å²) in [4.78, 5) is 39.0.